The summed E-state index contributed by atoms with van der Waals surface area (Å²) >= 11 is 0. The Balaban J connectivity index is 1.71. The maximum absolute atomic E-state index is 4.33. The number of nitrogens with one attached hydrogen (secondary N) is 3. The van der Waals surface area contributed by atoms with Crippen LogP contribution < -0.4 is 10.6 Å². The third-order valence-corrected chi connectivity index (χ3v) is 4.80. The topological polar surface area (TPSA) is 55.5 Å². The quantitative estimate of drug-likeness (QED) is 0.366. The maximum Gasteiger partial charge on any atom is 0.190 e. The largest absolute Gasteiger partial charge is 0.361 e. The minimum atomic E-state index is 0.587. The van der Waals surface area contributed by atoms with Gasteiger partial charge >= 0.3 is 0 Å². The van der Waals surface area contributed by atoms with Gasteiger partial charge in [-0.1, -0.05) is 18.2 Å². The van der Waals surface area contributed by atoms with E-state index in [0.29, 0.717) is 12.1 Å². The Bertz CT molecular complexity index is 679. The van der Waals surface area contributed by atoms with E-state index < -0.39 is 0 Å². The molecule has 0 fully saturated rings. The molecule has 1 aromatic carbocycles. The van der Waals surface area contributed by atoms with Gasteiger partial charge in [0.1, 0.15) is 0 Å². The molecular formula is C21H35N5. The van der Waals surface area contributed by atoms with E-state index >= 15 is 0 Å². The molecule has 0 aliphatic rings. The van der Waals surface area contributed by atoms with Crippen LogP contribution in [0.3, 0.4) is 0 Å². The fourth-order valence-corrected chi connectivity index (χ4v) is 3.46. The van der Waals surface area contributed by atoms with E-state index in [1.807, 2.05) is 7.05 Å². The summed E-state index contributed by atoms with van der Waals surface area (Å²) in [5.74, 6) is 0.880. The summed E-state index contributed by atoms with van der Waals surface area (Å²) in [7, 11) is 1.83. The number of aromatic nitrogens is 1. The van der Waals surface area contributed by atoms with Crippen LogP contribution in [-0.4, -0.2) is 54.6 Å². The van der Waals surface area contributed by atoms with Gasteiger partial charge in [-0.15, -0.1) is 0 Å². The number of H-pyrrole nitrogens is 1. The van der Waals surface area contributed by atoms with Crippen LogP contribution in [0.15, 0.2) is 35.5 Å². The molecule has 0 saturated heterocycles. The van der Waals surface area contributed by atoms with Crippen molar-refractivity contribution in [3.8, 4) is 0 Å². The van der Waals surface area contributed by atoms with Crippen molar-refractivity contribution < 1.29 is 0 Å². The molecule has 26 heavy (non-hydrogen) atoms. The van der Waals surface area contributed by atoms with Gasteiger partial charge in [-0.05, 0) is 52.2 Å². The summed E-state index contributed by atoms with van der Waals surface area (Å²) in [6.07, 6.45) is 4.19. The third-order valence-electron chi connectivity index (χ3n) is 4.80. The molecule has 0 bridgehead atoms. The molecule has 144 valence electrons. The zero-order valence-corrected chi connectivity index (χ0v) is 17.0. The lowest BCUT2D eigenvalue weighted by Gasteiger charge is -2.30. The molecule has 2 rings (SSSR count). The van der Waals surface area contributed by atoms with Crippen molar-refractivity contribution in [1.82, 2.24) is 20.5 Å². The number of aromatic amines is 1. The van der Waals surface area contributed by atoms with Crippen molar-refractivity contribution in [3.05, 3.63) is 36.0 Å². The lowest BCUT2D eigenvalue weighted by Crippen LogP contribution is -2.41. The van der Waals surface area contributed by atoms with Crippen LogP contribution in [0.1, 0.15) is 39.7 Å². The average molecular weight is 358 g/mol. The van der Waals surface area contributed by atoms with Crippen LogP contribution in [0.25, 0.3) is 10.9 Å². The molecular weight excluding hydrogens is 322 g/mol. The third kappa shape index (κ3) is 5.77. The number of hydrogen-bond donors (Lipinski definition) is 3. The van der Waals surface area contributed by atoms with Gasteiger partial charge in [-0.3, -0.25) is 9.89 Å². The second-order valence-corrected chi connectivity index (χ2v) is 7.31. The van der Waals surface area contributed by atoms with E-state index in [1.165, 1.54) is 16.5 Å². The highest BCUT2D eigenvalue weighted by Crippen LogP contribution is 2.17. The smallest absolute Gasteiger partial charge is 0.190 e. The number of benzene rings is 1. The van der Waals surface area contributed by atoms with E-state index in [-0.39, 0.29) is 0 Å². The number of fused-ring (bicyclic) bond motifs is 1. The molecule has 0 unspecified atom stereocenters. The lowest BCUT2D eigenvalue weighted by molar-refractivity contribution is 0.173. The molecule has 5 heteroatoms. The summed E-state index contributed by atoms with van der Waals surface area (Å²) in [5.41, 5.74) is 2.54. The predicted octanol–water partition coefficient (Wildman–Crippen LogP) is 3.38. The van der Waals surface area contributed by atoms with E-state index in [1.54, 1.807) is 0 Å². The molecule has 0 saturated carbocycles. The van der Waals surface area contributed by atoms with Gasteiger partial charge in [0, 0.05) is 55.9 Å². The Hall–Kier alpha value is -2.01. The Morgan fingerprint density at radius 3 is 2.46 bits per heavy atom. The predicted molar refractivity (Wildman–Crippen MR) is 113 cm³/mol. The zero-order valence-electron chi connectivity index (χ0n) is 17.0. The Morgan fingerprint density at radius 1 is 1.08 bits per heavy atom. The lowest BCUT2D eigenvalue weighted by atomic mass is 10.1. The van der Waals surface area contributed by atoms with E-state index in [4.69, 9.17) is 0 Å². The molecule has 0 aliphatic heterocycles. The van der Waals surface area contributed by atoms with E-state index in [0.717, 1.165) is 38.4 Å². The molecule has 1 aromatic heterocycles. The highest BCUT2D eigenvalue weighted by molar-refractivity contribution is 5.83. The molecule has 0 radical (unpaired) electrons. The van der Waals surface area contributed by atoms with Crippen LogP contribution in [0.4, 0.5) is 0 Å². The molecule has 0 spiro atoms. The van der Waals surface area contributed by atoms with Crippen molar-refractivity contribution in [1.29, 1.82) is 0 Å². The van der Waals surface area contributed by atoms with Crippen molar-refractivity contribution in [3.63, 3.8) is 0 Å². The highest BCUT2D eigenvalue weighted by Gasteiger charge is 2.12. The molecule has 2 aromatic rings. The second kappa shape index (κ2) is 10.2. The van der Waals surface area contributed by atoms with Gasteiger partial charge in [0.2, 0.25) is 0 Å². The fourth-order valence-electron chi connectivity index (χ4n) is 3.46. The molecule has 0 atom stereocenters. The first kappa shape index (κ1) is 20.3. The Kier molecular flexibility index (Phi) is 7.98. The van der Waals surface area contributed by atoms with Crippen LogP contribution in [0.5, 0.6) is 0 Å². The van der Waals surface area contributed by atoms with Gasteiger partial charge in [-0.25, -0.2) is 0 Å². The van der Waals surface area contributed by atoms with E-state index in [9.17, 15) is 0 Å². The SMILES string of the molecule is CN=C(NCCCN(C(C)C)C(C)C)NCCc1c[nH]c2ccccc12. The monoisotopic (exact) mass is 357 g/mol. The van der Waals surface area contributed by atoms with Crippen molar-refractivity contribution in [2.45, 2.75) is 52.6 Å². The average Bonchev–Trinajstić information content (AvgIpc) is 3.02. The van der Waals surface area contributed by atoms with E-state index in [2.05, 4.69) is 83.7 Å². The number of aliphatic imine (C=N–C) groups is 1. The van der Waals surface area contributed by atoms with Gasteiger partial charge in [0.05, 0.1) is 0 Å². The normalized spacial score (nSPS) is 12.5. The highest BCUT2D eigenvalue weighted by atomic mass is 15.2. The second-order valence-electron chi connectivity index (χ2n) is 7.31. The summed E-state index contributed by atoms with van der Waals surface area (Å²) in [5, 5.41) is 8.15. The number of rotatable bonds is 9. The minimum Gasteiger partial charge on any atom is -0.361 e. The number of guanidine groups is 1. The van der Waals surface area contributed by atoms with Gasteiger partial charge in [-0.2, -0.15) is 0 Å². The maximum atomic E-state index is 4.33. The van der Waals surface area contributed by atoms with Crippen LogP contribution in [0, 0.1) is 0 Å². The molecule has 0 aliphatic carbocycles. The minimum absolute atomic E-state index is 0.587. The first-order valence-corrected chi connectivity index (χ1v) is 9.78. The molecule has 3 N–H and O–H groups in total. The van der Waals surface area contributed by atoms with Gasteiger partial charge in [0.25, 0.3) is 0 Å². The number of nitrogens with zero attached hydrogens (tertiary/aromatic N) is 2. The number of hydrogen-bond acceptors (Lipinski definition) is 2. The van der Waals surface area contributed by atoms with Crippen LogP contribution in [0.2, 0.25) is 0 Å². The first-order chi connectivity index (χ1) is 12.5. The summed E-state index contributed by atoms with van der Waals surface area (Å²) < 4.78 is 0. The summed E-state index contributed by atoms with van der Waals surface area (Å²) in [6, 6.07) is 9.61. The van der Waals surface area contributed by atoms with Gasteiger partial charge < -0.3 is 15.6 Å². The molecule has 5 nitrogen and oxygen atoms in total. The molecule has 0 amide bonds. The standard InChI is InChI=1S/C21H35N5/c1-16(2)26(17(3)4)14-8-12-23-21(22-5)24-13-11-18-15-25-20-10-7-6-9-19(18)20/h6-7,9-10,15-17,25H,8,11-14H2,1-5H3,(H2,22,23,24). The number of para-hydroxylation sites is 1. The first-order valence-electron chi connectivity index (χ1n) is 9.78. The van der Waals surface area contributed by atoms with Crippen molar-refractivity contribution in [2.24, 2.45) is 4.99 Å². The van der Waals surface area contributed by atoms with Crippen LogP contribution >= 0.6 is 0 Å². The fraction of sp³-hybridized carbons (Fsp3) is 0.571. The Labute approximate surface area is 158 Å². The summed E-state index contributed by atoms with van der Waals surface area (Å²) in [6.45, 7) is 12.0. The van der Waals surface area contributed by atoms with Crippen molar-refractivity contribution in [2.75, 3.05) is 26.7 Å². The summed E-state index contributed by atoms with van der Waals surface area (Å²) in [4.78, 5) is 10.2. The van der Waals surface area contributed by atoms with Gasteiger partial charge in [0.15, 0.2) is 5.96 Å². The van der Waals surface area contributed by atoms with Crippen LogP contribution in [-0.2, 0) is 6.42 Å². The van der Waals surface area contributed by atoms with Crippen molar-refractivity contribution >= 4 is 16.9 Å². The molecule has 1 heterocycles. The zero-order chi connectivity index (χ0) is 18.9. The Morgan fingerprint density at radius 2 is 1.77 bits per heavy atom.